The molecule has 1 N–H and O–H groups in total. The Morgan fingerprint density at radius 2 is 1.67 bits per heavy atom. The van der Waals surface area contributed by atoms with Crippen molar-refractivity contribution in [2.45, 2.75) is 19.5 Å². The Kier molecular flexibility index (Phi) is 4.61. The average molecular weight is 290 g/mol. The lowest BCUT2D eigenvalue weighted by atomic mass is 10.1. The predicted molar refractivity (Wildman–Crippen MR) is 72.7 cm³/mol. The molecule has 0 aromatic heterocycles. The van der Waals surface area contributed by atoms with Crippen LogP contribution >= 0.6 is 0 Å². The van der Waals surface area contributed by atoms with Gasteiger partial charge in [0.05, 0.1) is 11.6 Å². The molecule has 0 heterocycles. The molecule has 0 saturated carbocycles. The van der Waals surface area contributed by atoms with E-state index in [4.69, 9.17) is 5.26 Å². The monoisotopic (exact) mass is 290 g/mol. The van der Waals surface area contributed by atoms with Crippen molar-refractivity contribution < 1.29 is 13.2 Å². The minimum absolute atomic E-state index is 0.0643. The summed E-state index contributed by atoms with van der Waals surface area (Å²) in [6, 6.07) is 10.2. The molecular formula is C16H13F3N2. The maximum Gasteiger partial charge on any atom is 0.161 e. The lowest BCUT2D eigenvalue weighted by Gasteiger charge is -2.15. The van der Waals surface area contributed by atoms with Gasteiger partial charge in [-0.15, -0.1) is 0 Å². The third-order valence-corrected chi connectivity index (χ3v) is 3.23. The number of hydrogen-bond donors (Lipinski definition) is 1. The first kappa shape index (κ1) is 15.1. The highest BCUT2D eigenvalue weighted by Gasteiger charge is 2.11. The SMILES string of the molecule is CC(NCc1cc(F)c(F)cc1F)c1ccc(C#N)cc1. The summed E-state index contributed by atoms with van der Waals surface area (Å²) in [4.78, 5) is 0. The molecule has 1 atom stereocenters. The van der Waals surface area contributed by atoms with Crippen LogP contribution in [-0.2, 0) is 6.54 Å². The number of nitrogens with one attached hydrogen (secondary N) is 1. The number of benzene rings is 2. The van der Waals surface area contributed by atoms with E-state index >= 15 is 0 Å². The van der Waals surface area contributed by atoms with Crippen LogP contribution in [0.3, 0.4) is 0 Å². The zero-order chi connectivity index (χ0) is 15.4. The molecular weight excluding hydrogens is 277 g/mol. The Labute approximate surface area is 120 Å². The van der Waals surface area contributed by atoms with Gasteiger partial charge in [-0.25, -0.2) is 13.2 Å². The molecule has 2 nitrogen and oxygen atoms in total. The van der Waals surface area contributed by atoms with Crippen molar-refractivity contribution in [3.8, 4) is 6.07 Å². The summed E-state index contributed by atoms with van der Waals surface area (Å²) in [6.45, 7) is 1.93. The van der Waals surface area contributed by atoms with Gasteiger partial charge in [0.1, 0.15) is 5.82 Å². The van der Waals surface area contributed by atoms with Gasteiger partial charge in [-0.2, -0.15) is 5.26 Å². The lowest BCUT2D eigenvalue weighted by molar-refractivity contribution is 0.482. The minimum Gasteiger partial charge on any atom is -0.306 e. The lowest BCUT2D eigenvalue weighted by Crippen LogP contribution is -2.19. The Morgan fingerprint density at radius 3 is 2.29 bits per heavy atom. The predicted octanol–water partition coefficient (Wildman–Crippen LogP) is 3.83. The van der Waals surface area contributed by atoms with Gasteiger partial charge in [0.2, 0.25) is 0 Å². The molecule has 0 aliphatic carbocycles. The quantitative estimate of drug-likeness (QED) is 0.869. The fourth-order valence-electron chi connectivity index (χ4n) is 1.93. The molecule has 1 unspecified atom stereocenters. The molecule has 0 aliphatic rings. The van der Waals surface area contributed by atoms with E-state index in [1.165, 1.54) is 0 Å². The summed E-state index contributed by atoms with van der Waals surface area (Å²) in [5.41, 5.74) is 1.53. The van der Waals surface area contributed by atoms with Crippen LogP contribution in [0.2, 0.25) is 0 Å². The highest BCUT2D eigenvalue weighted by Crippen LogP contribution is 2.17. The van der Waals surface area contributed by atoms with Crippen molar-refractivity contribution >= 4 is 0 Å². The summed E-state index contributed by atoms with van der Waals surface area (Å²) in [7, 11) is 0. The fraction of sp³-hybridized carbons (Fsp3) is 0.188. The molecule has 0 aliphatic heterocycles. The molecule has 108 valence electrons. The normalized spacial score (nSPS) is 12.0. The Bertz CT molecular complexity index is 675. The molecule has 0 fully saturated rings. The molecule has 0 radical (unpaired) electrons. The zero-order valence-corrected chi connectivity index (χ0v) is 11.3. The van der Waals surface area contributed by atoms with Gasteiger partial charge in [-0.05, 0) is 30.7 Å². The Hall–Kier alpha value is -2.32. The van der Waals surface area contributed by atoms with Crippen molar-refractivity contribution in [1.29, 1.82) is 5.26 Å². The topological polar surface area (TPSA) is 35.8 Å². The molecule has 0 spiro atoms. The van der Waals surface area contributed by atoms with E-state index in [1.54, 1.807) is 24.3 Å². The first-order chi connectivity index (χ1) is 10.0. The van der Waals surface area contributed by atoms with E-state index in [9.17, 15) is 13.2 Å². The van der Waals surface area contributed by atoms with Crippen LogP contribution in [0, 0.1) is 28.8 Å². The van der Waals surface area contributed by atoms with Crippen LogP contribution in [-0.4, -0.2) is 0 Å². The number of nitriles is 1. The van der Waals surface area contributed by atoms with Gasteiger partial charge >= 0.3 is 0 Å². The Balaban J connectivity index is 2.05. The smallest absolute Gasteiger partial charge is 0.161 e. The number of halogens is 3. The summed E-state index contributed by atoms with van der Waals surface area (Å²) in [5.74, 6) is -3.05. The van der Waals surface area contributed by atoms with E-state index < -0.39 is 17.5 Å². The molecule has 2 aromatic carbocycles. The van der Waals surface area contributed by atoms with Crippen LogP contribution in [0.25, 0.3) is 0 Å². The van der Waals surface area contributed by atoms with Crippen LogP contribution in [0.4, 0.5) is 13.2 Å². The van der Waals surface area contributed by atoms with Gasteiger partial charge in [0, 0.05) is 24.2 Å². The van der Waals surface area contributed by atoms with Gasteiger partial charge in [0.15, 0.2) is 11.6 Å². The second kappa shape index (κ2) is 6.42. The molecule has 2 rings (SSSR count). The minimum atomic E-state index is -1.20. The first-order valence-corrected chi connectivity index (χ1v) is 6.38. The molecule has 5 heteroatoms. The molecule has 2 aromatic rings. The highest BCUT2D eigenvalue weighted by atomic mass is 19.2. The number of rotatable bonds is 4. The molecule has 0 saturated heterocycles. The average Bonchev–Trinajstić information content (AvgIpc) is 2.49. The van der Waals surface area contributed by atoms with Gasteiger partial charge in [0.25, 0.3) is 0 Å². The van der Waals surface area contributed by atoms with Gasteiger partial charge < -0.3 is 5.32 Å². The molecule has 0 bridgehead atoms. The van der Waals surface area contributed by atoms with E-state index in [0.717, 1.165) is 11.6 Å². The van der Waals surface area contributed by atoms with Crippen LogP contribution < -0.4 is 5.32 Å². The summed E-state index contributed by atoms with van der Waals surface area (Å²) < 4.78 is 39.4. The van der Waals surface area contributed by atoms with Crippen LogP contribution in [0.15, 0.2) is 36.4 Å². The van der Waals surface area contributed by atoms with Crippen molar-refractivity contribution in [1.82, 2.24) is 5.32 Å². The highest BCUT2D eigenvalue weighted by molar-refractivity contribution is 5.32. The third kappa shape index (κ3) is 3.61. The number of hydrogen-bond acceptors (Lipinski definition) is 2. The first-order valence-electron chi connectivity index (χ1n) is 6.38. The van der Waals surface area contributed by atoms with Crippen molar-refractivity contribution in [3.05, 3.63) is 70.5 Å². The van der Waals surface area contributed by atoms with Crippen molar-refractivity contribution in [3.63, 3.8) is 0 Å². The van der Waals surface area contributed by atoms with Crippen LogP contribution in [0.1, 0.15) is 29.7 Å². The second-order valence-electron chi connectivity index (χ2n) is 4.69. The maximum absolute atomic E-state index is 13.5. The maximum atomic E-state index is 13.5. The van der Waals surface area contributed by atoms with E-state index in [-0.39, 0.29) is 18.2 Å². The standard InChI is InChI=1S/C16H13F3N2/c1-10(12-4-2-11(8-20)3-5-12)21-9-13-6-15(18)16(19)7-14(13)17/h2-7,10,21H,9H2,1H3. The van der Waals surface area contributed by atoms with E-state index in [2.05, 4.69) is 5.32 Å². The van der Waals surface area contributed by atoms with Crippen LogP contribution in [0.5, 0.6) is 0 Å². The van der Waals surface area contributed by atoms with Gasteiger partial charge in [-0.1, -0.05) is 12.1 Å². The van der Waals surface area contributed by atoms with E-state index in [1.807, 2.05) is 13.0 Å². The summed E-state index contributed by atoms with van der Waals surface area (Å²) in [6.07, 6.45) is 0. The second-order valence-corrected chi connectivity index (χ2v) is 4.69. The van der Waals surface area contributed by atoms with Gasteiger partial charge in [-0.3, -0.25) is 0 Å². The van der Waals surface area contributed by atoms with Crippen molar-refractivity contribution in [2.75, 3.05) is 0 Å². The molecule has 21 heavy (non-hydrogen) atoms. The van der Waals surface area contributed by atoms with Crippen molar-refractivity contribution in [2.24, 2.45) is 0 Å². The fourth-order valence-corrected chi connectivity index (χ4v) is 1.93. The third-order valence-electron chi connectivity index (χ3n) is 3.23. The largest absolute Gasteiger partial charge is 0.306 e. The summed E-state index contributed by atoms with van der Waals surface area (Å²) >= 11 is 0. The zero-order valence-electron chi connectivity index (χ0n) is 11.3. The number of nitrogens with zero attached hydrogens (tertiary/aromatic N) is 1. The Morgan fingerprint density at radius 1 is 1.05 bits per heavy atom. The molecule has 0 amide bonds. The van der Waals surface area contributed by atoms with E-state index in [0.29, 0.717) is 11.6 Å². The summed E-state index contributed by atoms with van der Waals surface area (Å²) in [5, 5.41) is 11.8.